The van der Waals surface area contributed by atoms with E-state index in [-0.39, 0.29) is 17.8 Å². The molecule has 0 radical (unpaired) electrons. The summed E-state index contributed by atoms with van der Waals surface area (Å²) in [5.41, 5.74) is 6.58. The maximum absolute atomic E-state index is 10.8. The second-order valence-corrected chi connectivity index (χ2v) is 10.2. The number of anilines is 1. The lowest BCUT2D eigenvalue weighted by Crippen LogP contribution is -2.23. The van der Waals surface area contributed by atoms with E-state index in [0.29, 0.717) is 13.0 Å². The molecule has 1 saturated heterocycles. The summed E-state index contributed by atoms with van der Waals surface area (Å²) >= 11 is 0. The van der Waals surface area contributed by atoms with Gasteiger partial charge in [0, 0.05) is 37.4 Å². The molecule has 1 heterocycles. The van der Waals surface area contributed by atoms with Crippen LogP contribution in [-0.2, 0) is 5.41 Å². The molecule has 3 aromatic carbocycles. The van der Waals surface area contributed by atoms with Gasteiger partial charge in [-0.1, -0.05) is 45.0 Å². The zero-order chi connectivity index (χ0) is 25.7. The third kappa shape index (κ3) is 6.00. The fraction of sp³-hybridized carbons (Fsp3) is 0.367. The quantitative estimate of drug-likeness (QED) is 0.207. The second-order valence-electron chi connectivity index (χ2n) is 10.2. The molecule has 0 unspecified atom stereocenters. The molecule has 0 bridgehead atoms. The van der Waals surface area contributed by atoms with Gasteiger partial charge in [0.05, 0.1) is 6.61 Å². The minimum Gasteiger partial charge on any atom is -0.493 e. The molecule has 190 valence electrons. The summed E-state index contributed by atoms with van der Waals surface area (Å²) in [6.07, 6.45) is 1.69. The Morgan fingerprint density at radius 3 is 2.22 bits per heavy atom. The summed E-state index contributed by atoms with van der Waals surface area (Å²) in [6.45, 7) is 9.45. The lowest BCUT2D eigenvalue weighted by atomic mass is 9.83. The van der Waals surface area contributed by atoms with Gasteiger partial charge in [-0.15, -0.1) is 0 Å². The zero-order valence-electron chi connectivity index (χ0n) is 21.3. The number of nitrogens with zero attached hydrogens (tertiary/aromatic N) is 1. The fourth-order valence-corrected chi connectivity index (χ4v) is 4.66. The molecular formula is C30H35NO5. The van der Waals surface area contributed by atoms with Gasteiger partial charge in [0.1, 0.15) is 11.5 Å². The van der Waals surface area contributed by atoms with Crippen molar-refractivity contribution < 1.29 is 24.5 Å². The van der Waals surface area contributed by atoms with Crippen LogP contribution in [0.5, 0.6) is 11.5 Å². The van der Waals surface area contributed by atoms with Crippen molar-refractivity contribution in [1.29, 1.82) is 0 Å². The lowest BCUT2D eigenvalue weighted by molar-refractivity contribution is 0.144. The van der Waals surface area contributed by atoms with E-state index in [4.69, 9.17) is 14.6 Å². The molecule has 0 atom stereocenters. The second kappa shape index (κ2) is 11.0. The molecule has 1 aliphatic heterocycles. The number of ether oxygens (including phenoxy) is 2. The standard InChI is InChI=1S/C30H35NO5/c1-30(2,3)26-20-23(9-13-27(26)31-15-4-5-16-31)25-19-22(10-14-28(25)35-18-6-17-32)21-7-11-24(12-8-21)36-29(33)34/h7-14,19-20,32H,4-6,15-18H2,1-3H3,(H,33,34). The molecule has 0 spiro atoms. The zero-order valence-corrected chi connectivity index (χ0v) is 21.3. The SMILES string of the molecule is CC(C)(C)c1cc(-c2cc(-c3ccc(OC(=O)O)cc3)ccc2OCCCO)ccc1N1CCCC1. The Balaban J connectivity index is 1.76. The van der Waals surface area contributed by atoms with E-state index in [1.165, 1.54) is 24.1 Å². The van der Waals surface area contributed by atoms with Gasteiger partial charge in [-0.3, -0.25) is 0 Å². The Hall–Kier alpha value is -3.51. The number of carbonyl (C=O) groups is 1. The van der Waals surface area contributed by atoms with Crippen LogP contribution in [-0.4, -0.2) is 42.7 Å². The maximum atomic E-state index is 10.8. The van der Waals surface area contributed by atoms with Crippen LogP contribution in [0.15, 0.2) is 60.7 Å². The van der Waals surface area contributed by atoms with E-state index in [1.807, 2.05) is 24.3 Å². The van der Waals surface area contributed by atoms with Crippen molar-refractivity contribution in [2.24, 2.45) is 0 Å². The Morgan fingerprint density at radius 1 is 0.917 bits per heavy atom. The topological polar surface area (TPSA) is 79.2 Å². The largest absolute Gasteiger partial charge is 0.511 e. The molecule has 1 fully saturated rings. The van der Waals surface area contributed by atoms with Crippen LogP contribution < -0.4 is 14.4 Å². The maximum Gasteiger partial charge on any atom is 0.511 e. The molecule has 36 heavy (non-hydrogen) atoms. The van der Waals surface area contributed by atoms with Crippen molar-refractivity contribution in [2.45, 2.75) is 45.4 Å². The first kappa shape index (κ1) is 25.6. The van der Waals surface area contributed by atoms with Crippen molar-refractivity contribution in [3.05, 3.63) is 66.2 Å². The molecule has 0 amide bonds. The number of hydrogen-bond donors (Lipinski definition) is 2. The minimum atomic E-state index is -1.33. The summed E-state index contributed by atoms with van der Waals surface area (Å²) in [5.74, 6) is 1.05. The summed E-state index contributed by atoms with van der Waals surface area (Å²) in [4.78, 5) is 13.3. The van der Waals surface area contributed by atoms with Gasteiger partial charge in [-0.25, -0.2) is 4.79 Å². The predicted molar refractivity (Wildman–Crippen MR) is 143 cm³/mol. The number of aliphatic hydroxyl groups excluding tert-OH is 1. The van der Waals surface area contributed by atoms with Crippen LogP contribution in [0.4, 0.5) is 10.5 Å². The number of benzene rings is 3. The highest BCUT2D eigenvalue weighted by Crippen LogP contribution is 2.40. The van der Waals surface area contributed by atoms with Gasteiger partial charge in [-0.2, -0.15) is 0 Å². The van der Waals surface area contributed by atoms with Crippen LogP contribution in [0.2, 0.25) is 0 Å². The van der Waals surface area contributed by atoms with E-state index < -0.39 is 6.16 Å². The van der Waals surface area contributed by atoms with Crippen LogP contribution in [0, 0.1) is 0 Å². The highest BCUT2D eigenvalue weighted by molar-refractivity contribution is 5.80. The molecule has 6 nitrogen and oxygen atoms in total. The number of aliphatic hydroxyl groups is 1. The first-order valence-electron chi connectivity index (χ1n) is 12.5. The summed E-state index contributed by atoms with van der Waals surface area (Å²) in [6, 6.07) is 19.8. The first-order chi connectivity index (χ1) is 17.3. The van der Waals surface area contributed by atoms with Crippen molar-refractivity contribution in [3.63, 3.8) is 0 Å². The van der Waals surface area contributed by atoms with Crippen LogP contribution in [0.1, 0.15) is 45.6 Å². The molecule has 6 heteroatoms. The molecule has 3 aromatic rings. The van der Waals surface area contributed by atoms with Gasteiger partial charge in [0.25, 0.3) is 0 Å². The Morgan fingerprint density at radius 2 is 1.58 bits per heavy atom. The van der Waals surface area contributed by atoms with E-state index in [1.54, 1.807) is 12.1 Å². The summed E-state index contributed by atoms with van der Waals surface area (Å²) in [7, 11) is 0. The van der Waals surface area contributed by atoms with Crippen LogP contribution in [0.3, 0.4) is 0 Å². The highest BCUT2D eigenvalue weighted by Gasteiger charge is 2.24. The summed E-state index contributed by atoms with van der Waals surface area (Å²) < 4.78 is 10.8. The molecule has 1 aliphatic rings. The predicted octanol–water partition coefficient (Wildman–Crippen LogP) is 6.74. The third-order valence-corrected chi connectivity index (χ3v) is 6.49. The molecular weight excluding hydrogens is 454 g/mol. The smallest absolute Gasteiger partial charge is 0.493 e. The molecule has 0 aromatic heterocycles. The van der Waals surface area contributed by atoms with E-state index in [9.17, 15) is 9.90 Å². The Kier molecular flexibility index (Phi) is 7.85. The third-order valence-electron chi connectivity index (χ3n) is 6.49. The van der Waals surface area contributed by atoms with E-state index in [2.05, 4.69) is 49.9 Å². The van der Waals surface area contributed by atoms with Crippen molar-refractivity contribution in [1.82, 2.24) is 0 Å². The average molecular weight is 490 g/mol. The van der Waals surface area contributed by atoms with Gasteiger partial charge in [0.15, 0.2) is 0 Å². The van der Waals surface area contributed by atoms with Crippen molar-refractivity contribution in [2.75, 3.05) is 31.2 Å². The van der Waals surface area contributed by atoms with E-state index >= 15 is 0 Å². The lowest BCUT2D eigenvalue weighted by Gasteiger charge is -2.29. The average Bonchev–Trinajstić information content (AvgIpc) is 3.39. The minimum absolute atomic E-state index is 0.0244. The molecule has 0 aliphatic carbocycles. The fourth-order valence-electron chi connectivity index (χ4n) is 4.66. The van der Waals surface area contributed by atoms with E-state index in [0.717, 1.165) is 41.1 Å². The van der Waals surface area contributed by atoms with Gasteiger partial charge >= 0.3 is 6.16 Å². The monoisotopic (exact) mass is 489 g/mol. The Labute approximate surface area is 213 Å². The molecule has 2 N–H and O–H groups in total. The highest BCUT2D eigenvalue weighted by atomic mass is 16.7. The normalized spacial score (nSPS) is 13.6. The van der Waals surface area contributed by atoms with Gasteiger partial charge in [-0.05, 0) is 76.9 Å². The van der Waals surface area contributed by atoms with Crippen molar-refractivity contribution >= 4 is 11.8 Å². The summed E-state index contributed by atoms with van der Waals surface area (Å²) in [5, 5.41) is 18.1. The van der Waals surface area contributed by atoms with Gasteiger partial charge in [0.2, 0.25) is 0 Å². The van der Waals surface area contributed by atoms with Crippen molar-refractivity contribution in [3.8, 4) is 33.8 Å². The molecule has 0 saturated carbocycles. The first-order valence-corrected chi connectivity index (χ1v) is 12.5. The number of carboxylic acid groups (broad SMARTS) is 1. The Bertz CT molecular complexity index is 1190. The molecule has 4 rings (SSSR count). The van der Waals surface area contributed by atoms with Gasteiger partial charge < -0.3 is 24.6 Å². The number of rotatable bonds is 8. The number of hydrogen-bond acceptors (Lipinski definition) is 5. The van der Waals surface area contributed by atoms with Crippen LogP contribution >= 0.6 is 0 Å². The van der Waals surface area contributed by atoms with Crippen LogP contribution in [0.25, 0.3) is 22.3 Å².